The average Bonchev–Trinajstić information content (AvgIpc) is 2.23. The number of rotatable bonds is 6. The summed E-state index contributed by atoms with van der Waals surface area (Å²) in [6.07, 6.45) is 1.59. The van der Waals surface area contributed by atoms with Crippen LogP contribution in [0.3, 0.4) is 0 Å². The second kappa shape index (κ2) is 6.77. The van der Waals surface area contributed by atoms with Crippen LogP contribution < -0.4 is 11.1 Å². The Balaban J connectivity index is 2.33. The van der Waals surface area contributed by atoms with E-state index >= 15 is 0 Å². The van der Waals surface area contributed by atoms with Crippen molar-refractivity contribution in [3.63, 3.8) is 0 Å². The van der Waals surface area contributed by atoms with Crippen molar-refractivity contribution in [3.8, 4) is 0 Å². The number of hydrogen-bond acceptors (Lipinski definition) is 2. The van der Waals surface area contributed by atoms with Gasteiger partial charge in [0.25, 0.3) is 0 Å². The lowest BCUT2D eigenvalue weighted by Crippen LogP contribution is -2.21. The van der Waals surface area contributed by atoms with Crippen molar-refractivity contribution in [2.24, 2.45) is 5.73 Å². The minimum atomic E-state index is -0.194. The van der Waals surface area contributed by atoms with Gasteiger partial charge in [0.15, 0.2) is 0 Å². The zero-order valence-electron chi connectivity index (χ0n) is 8.60. The minimum Gasteiger partial charge on any atom is -0.330 e. The summed E-state index contributed by atoms with van der Waals surface area (Å²) in [4.78, 5) is 0. The number of nitrogens with one attached hydrogen (secondary N) is 1. The molecule has 0 aromatic heterocycles. The van der Waals surface area contributed by atoms with Gasteiger partial charge >= 0.3 is 0 Å². The van der Waals surface area contributed by atoms with Crippen molar-refractivity contribution in [2.45, 2.75) is 12.8 Å². The lowest BCUT2D eigenvalue weighted by molar-refractivity contribution is 0.594. The smallest absolute Gasteiger partial charge is 0.126 e. The zero-order chi connectivity index (χ0) is 11.1. The lowest BCUT2D eigenvalue weighted by atomic mass is 10.1. The molecule has 1 aromatic carbocycles. The first-order valence-corrected chi connectivity index (χ1v) is 5.46. The number of hydrogen-bond donors (Lipinski definition) is 2. The van der Waals surface area contributed by atoms with Gasteiger partial charge in [0.05, 0.1) is 0 Å². The van der Waals surface area contributed by atoms with E-state index < -0.39 is 0 Å². The predicted molar refractivity (Wildman–Crippen MR) is 61.7 cm³/mol. The Hall–Kier alpha value is -0.640. The molecule has 0 radical (unpaired) electrons. The highest BCUT2D eigenvalue weighted by atomic mass is 35.5. The van der Waals surface area contributed by atoms with Gasteiger partial charge in [-0.3, -0.25) is 0 Å². The first kappa shape index (κ1) is 12.4. The molecule has 84 valence electrons. The van der Waals surface area contributed by atoms with Gasteiger partial charge in [0.2, 0.25) is 0 Å². The van der Waals surface area contributed by atoms with Gasteiger partial charge in [-0.05, 0) is 56.2 Å². The normalized spacial score (nSPS) is 10.6. The highest BCUT2D eigenvalue weighted by Gasteiger charge is 2.01. The molecular formula is C11H16ClFN2. The molecule has 0 saturated heterocycles. The first-order chi connectivity index (χ1) is 7.24. The Labute approximate surface area is 94.6 Å². The summed E-state index contributed by atoms with van der Waals surface area (Å²) in [5, 5.41) is 3.77. The van der Waals surface area contributed by atoms with Crippen molar-refractivity contribution in [1.29, 1.82) is 0 Å². The lowest BCUT2D eigenvalue weighted by Gasteiger charge is -2.05. The van der Waals surface area contributed by atoms with Crippen molar-refractivity contribution in [2.75, 3.05) is 19.6 Å². The van der Waals surface area contributed by atoms with Gasteiger partial charge in [-0.2, -0.15) is 0 Å². The van der Waals surface area contributed by atoms with E-state index in [0.717, 1.165) is 19.5 Å². The Bertz CT molecular complexity index is 305. The molecule has 0 saturated carbocycles. The van der Waals surface area contributed by atoms with E-state index in [9.17, 15) is 4.39 Å². The quantitative estimate of drug-likeness (QED) is 0.734. The predicted octanol–water partition coefficient (Wildman–Crippen LogP) is 1.96. The second-order valence-electron chi connectivity index (χ2n) is 3.38. The van der Waals surface area contributed by atoms with Crippen LogP contribution in [0, 0.1) is 5.82 Å². The fourth-order valence-electron chi connectivity index (χ4n) is 1.31. The van der Waals surface area contributed by atoms with E-state index in [1.165, 1.54) is 6.07 Å². The van der Waals surface area contributed by atoms with Gasteiger partial charge in [0, 0.05) is 5.02 Å². The summed E-state index contributed by atoms with van der Waals surface area (Å²) in [5.41, 5.74) is 6.00. The third-order valence-electron chi connectivity index (χ3n) is 2.14. The Morgan fingerprint density at radius 3 is 2.87 bits per heavy atom. The van der Waals surface area contributed by atoms with Crippen LogP contribution in [-0.2, 0) is 6.42 Å². The van der Waals surface area contributed by atoms with Crippen LogP contribution in [0.5, 0.6) is 0 Å². The highest BCUT2D eigenvalue weighted by molar-refractivity contribution is 6.30. The van der Waals surface area contributed by atoms with Crippen LogP contribution in [0.1, 0.15) is 12.0 Å². The largest absolute Gasteiger partial charge is 0.330 e. The molecule has 0 bridgehead atoms. The van der Waals surface area contributed by atoms with Crippen molar-refractivity contribution in [3.05, 3.63) is 34.6 Å². The molecule has 0 spiro atoms. The van der Waals surface area contributed by atoms with Crippen molar-refractivity contribution < 1.29 is 4.39 Å². The molecular weight excluding hydrogens is 215 g/mol. The third kappa shape index (κ3) is 4.60. The van der Waals surface area contributed by atoms with Crippen molar-refractivity contribution >= 4 is 11.6 Å². The van der Waals surface area contributed by atoms with Gasteiger partial charge in [-0.1, -0.05) is 11.6 Å². The number of benzene rings is 1. The fourth-order valence-corrected chi connectivity index (χ4v) is 1.50. The Morgan fingerprint density at radius 2 is 2.13 bits per heavy atom. The molecule has 0 aliphatic rings. The van der Waals surface area contributed by atoms with E-state index in [2.05, 4.69) is 5.32 Å². The molecule has 0 amide bonds. The van der Waals surface area contributed by atoms with Crippen LogP contribution in [0.25, 0.3) is 0 Å². The van der Waals surface area contributed by atoms with E-state index in [0.29, 0.717) is 23.6 Å². The first-order valence-electron chi connectivity index (χ1n) is 5.08. The maximum Gasteiger partial charge on any atom is 0.126 e. The average molecular weight is 231 g/mol. The summed E-state index contributed by atoms with van der Waals surface area (Å²) >= 11 is 5.78. The minimum absolute atomic E-state index is 0.194. The van der Waals surface area contributed by atoms with Crippen LogP contribution in [0.4, 0.5) is 4.39 Å². The molecule has 0 aliphatic heterocycles. The summed E-state index contributed by atoms with van der Waals surface area (Å²) in [5.74, 6) is -0.194. The number of halogens is 2. The van der Waals surface area contributed by atoms with Gasteiger partial charge < -0.3 is 11.1 Å². The van der Waals surface area contributed by atoms with Crippen molar-refractivity contribution in [1.82, 2.24) is 5.32 Å². The third-order valence-corrected chi connectivity index (χ3v) is 2.37. The topological polar surface area (TPSA) is 38.0 Å². The summed E-state index contributed by atoms with van der Waals surface area (Å²) in [6, 6.07) is 4.63. The molecule has 3 N–H and O–H groups in total. The molecule has 1 rings (SSSR count). The summed E-state index contributed by atoms with van der Waals surface area (Å²) in [7, 11) is 0. The summed E-state index contributed by atoms with van der Waals surface area (Å²) < 4.78 is 13.2. The molecule has 0 unspecified atom stereocenters. The molecule has 0 aliphatic carbocycles. The standard InChI is InChI=1S/C11H16ClFN2/c12-10-2-3-11(13)9(8-10)4-7-15-6-1-5-14/h2-3,8,15H,1,4-7,14H2. The second-order valence-corrected chi connectivity index (χ2v) is 3.81. The van der Waals surface area contributed by atoms with E-state index in [-0.39, 0.29) is 5.82 Å². The molecule has 0 fully saturated rings. The van der Waals surface area contributed by atoms with Gasteiger partial charge in [-0.15, -0.1) is 0 Å². The maximum absolute atomic E-state index is 13.2. The Morgan fingerprint density at radius 1 is 1.33 bits per heavy atom. The van der Waals surface area contributed by atoms with Crippen LogP contribution in [0.2, 0.25) is 5.02 Å². The Kier molecular flexibility index (Phi) is 5.61. The van der Waals surface area contributed by atoms with Gasteiger partial charge in [-0.25, -0.2) is 4.39 Å². The summed E-state index contributed by atoms with van der Waals surface area (Å²) in [6.45, 7) is 2.30. The zero-order valence-corrected chi connectivity index (χ0v) is 9.36. The highest BCUT2D eigenvalue weighted by Crippen LogP contribution is 2.14. The molecule has 4 heteroatoms. The molecule has 0 atom stereocenters. The van der Waals surface area contributed by atoms with Crippen LogP contribution in [0.15, 0.2) is 18.2 Å². The number of nitrogens with two attached hydrogens (primary N) is 1. The monoisotopic (exact) mass is 230 g/mol. The molecule has 0 heterocycles. The SMILES string of the molecule is NCCCNCCc1cc(Cl)ccc1F. The van der Waals surface area contributed by atoms with Crippen LogP contribution >= 0.6 is 11.6 Å². The van der Waals surface area contributed by atoms with E-state index in [4.69, 9.17) is 17.3 Å². The van der Waals surface area contributed by atoms with E-state index in [1.807, 2.05) is 0 Å². The van der Waals surface area contributed by atoms with Crippen LogP contribution in [-0.4, -0.2) is 19.6 Å². The molecule has 2 nitrogen and oxygen atoms in total. The molecule has 15 heavy (non-hydrogen) atoms. The van der Waals surface area contributed by atoms with Gasteiger partial charge in [0.1, 0.15) is 5.82 Å². The van der Waals surface area contributed by atoms with E-state index in [1.54, 1.807) is 12.1 Å². The molecule has 1 aromatic rings. The fraction of sp³-hybridized carbons (Fsp3) is 0.455. The maximum atomic E-state index is 13.2.